The van der Waals surface area contributed by atoms with Crippen LogP contribution in [0.3, 0.4) is 0 Å². The highest BCUT2D eigenvalue weighted by molar-refractivity contribution is 7.89. The molecule has 1 aromatic carbocycles. The van der Waals surface area contributed by atoms with Crippen molar-refractivity contribution in [3.8, 4) is 0 Å². The van der Waals surface area contributed by atoms with Crippen LogP contribution >= 0.6 is 0 Å². The minimum Gasteiger partial charge on any atom is -0.395 e. The van der Waals surface area contributed by atoms with Crippen molar-refractivity contribution >= 4 is 21.7 Å². The average Bonchev–Trinajstić information content (AvgIpc) is 3.14. The third-order valence-electron chi connectivity index (χ3n) is 5.18. The van der Waals surface area contributed by atoms with Crippen LogP contribution in [0.2, 0.25) is 0 Å². The van der Waals surface area contributed by atoms with Gasteiger partial charge in [0.15, 0.2) is 5.82 Å². The van der Waals surface area contributed by atoms with Gasteiger partial charge in [-0.15, -0.1) is 0 Å². The van der Waals surface area contributed by atoms with E-state index in [9.17, 15) is 18.3 Å². The fourth-order valence-corrected chi connectivity index (χ4v) is 4.83. The fraction of sp³-hybridized carbons (Fsp3) is 0.474. The van der Waals surface area contributed by atoms with E-state index in [4.69, 9.17) is 0 Å². The van der Waals surface area contributed by atoms with Gasteiger partial charge in [-0.3, -0.25) is 14.4 Å². The number of amides is 1. The lowest BCUT2D eigenvalue weighted by atomic mass is 10.2. The first kappa shape index (κ1) is 21.4. The van der Waals surface area contributed by atoms with Gasteiger partial charge in [0.1, 0.15) is 0 Å². The molecule has 2 aromatic rings. The molecule has 1 aliphatic rings. The average molecular weight is 422 g/mol. The third kappa shape index (κ3) is 4.84. The maximum atomic E-state index is 12.9. The number of rotatable bonds is 7. The standard InChI is InChI=1S/C19H27N5O4S/c1-3-16(14-25)23-10-12-24(13-11-23)29(27,28)17-6-4-15(5-7-17)19(26)20-18-8-9-22(2)21-18/h4-9,16,25H,3,10-14H2,1-2H3,(H,20,21,26)/t16-/m1/s1. The van der Waals surface area contributed by atoms with Crippen molar-refractivity contribution in [3.63, 3.8) is 0 Å². The van der Waals surface area contributed by atoms with Crippen LogP contribution in [0.4, 0.5) is 5.82 Å². The topological polar surface area (TPSA) is 108 Å². The molecule has 2 N–H and O–H groups in total. The zero-order valence-corrected chi connectivity index (χ0v) is 17.5. The van der Waals surface area contributed by atoms with Crippen LogP contribution in [0.25, 0.3) is 0 Å². The van der Waals surface area contributed by atoms with Crippen molar-refractivity contribution in [2.75, 3.05) is 38.1 Å². The van der Waals surface area contributed by atoms with Crippen molar-refractivity contribution < 1.29 is 18.3 Å². The van der Waals surface area contributed by atoms with Gasteiger partial charge in [-0.25, -0.2) is 8.42 Å². The maximum Gasteiger partial charge on any atom is 0.256 e. The summed E-state index contributed by atoms with van der Waals surface area (Å²) in [7, 11) is -1.87. The van der Waals surface area contributed by atoms with Gasteiger partial charge >= 0.3 is 0 Å². The lowest BCUT2D eigenvalue weighted by Crippen LogP contribution is -2.52. The number of hydrogen-bond acceptors (Lipinski definition) is 6. The van der Waals surface area contributed by atoms with Gasteiger partial charge in [-0.2, -0.15) is 9.40 Å². The second kappa shape index (κ2) is 9.04. The molecular weight excluding hydrogens is 394 g/mol. The van der Waals surface area contributed by atoms with Crippen LogP contribution in [-0.4, -0.2) is 77.2 Å². The zero-order valence-electron chi connectivity index (χ0n) is 16.7. The van der Waals surface area contributed by atoms with E-state index in [2.05, 4.69) is 15.3 Å². The maximum absolute atomic E-state index is 12.9. The largest absolute Gasteiger partial charge is 0.395 e. The summed E-state index contributed by atoms with van der Waals surface area (Å²) in [5, 5.41) is 16.2. The molecule has 1 aromatic heterocycles. The Hall–Kier alpha value is -2.27. The van der Waals surface area contributed by atoms with Crippen LogP contribution in [0.1, 0.15) is 23.7 Å². The molecule has 0 saturated carbocycles. The van der Waals surface area contributed by atoms with E-state index >= 15 is 0 Å². The molecule has 0 aliphatic carbocycles. The number of aromatic nitrogens is 2. The second-order valence-electron chi connectivity index (χ2n) is 7.04. The Bertz CT molecular complexity index is 930. The normalized spacial score (nSPS) is 17.2. The van der Waals surface area contributed by atoms with Crippen LogP contribution in [0.5, 0.6) is 0 Å². The Morgan fingerprint density at radius 3 is 2.34 bits per heavy atom. The van der Waals surface area contributed by atoms with Crippen molar-refractivity contribution in [1.82, 2.24) is 19.0 Å². The second-order valence-corrected chi connectivity index (χ2v) is 8.98. The molecular formula is C19H27N5O4S. The number of nitrogens with zero attached hydrogens (tertiary/aromatic N) is 4. The smallest absolute Gasteiger partial charge is 0.256 e. The van der Waals surface area contributed by atoms with Gasteiger partial charge in [0, 0.05) is 57.1 Å². The number of piperazine rings is 1. The predicted molar refractivity (Wildman–Crippen MR) is 109 cm³/mol. The molecule has 158 valence electrons. The van der Waals surface area contributed by atoms with E-state index in [-0.39, 0.29) is 23.5 Å². The Kier molecular flexibility index (Phi) is 6.68. The van der Waals surface area contributed by atoms with E-state index in [1.807, 2.05) is 6.92 Å². The van der Waals surface area contributed by atoms with Gasteiger partial charge in [-0.1, -0.05) is 6.92 Å². The predicted octanol–water partition coefficient (Wildman–Crippen LogP) is 0.750. The first-order chi connectivity index (χ1) is 13.8. The molecule has 1 fully saturated rings. The van der Waals surface area contributed by atoms with Crippen molar-refractivity contribution in [3.05, 3.63) is 42.1 Å². The van der Waals surface area contributed by atoms with Crippen molar-refractivity contribution in [1.29, 1.82) is 0 Å². The number of benzene rings is 1. The summed E-state index contributed by atoms with van der Waals surface area (Å²) in [4.78, 5) is 14.6. The number of nitrogens with one attached hydrogen (secondary N) is 1. The highest BCUT2D eigenvalue weighted by Crippen LogP contribution is 2.20. The summed E-state index contributed by atoms with van der Waals surface area (Å²) < 4.78 is 28.9. The lowest BCUT2D eigenvalue weighted by Gasteiger charge is -2.37. The van der Waals surface area contributed by atoms with E-state index in [0.717, 1.165) is 6.42 Å². The van der Waals surface area contributed by atoms with Gasteiger partial charge in [0.25, 0.3) is 5.91 Å². The first-order valence-corrected chi connectivity index (χ1v) is 11.0. The Labute approximate surface area is 171 Å². The Morgan fingerprint density at radius 2 is 1.83 bits per heavy atom. The molecule has 0 spiro atoms. The molecule has 3 rings (SSSR count). The number of anilines is 1. The summed E-state index contributed by atoms with van der Waals surface area (Å²) in [5.41, 5.74) is 0.355. The highest BCUT2D eigenvalue weighted by atomic mass is 32.2. The molecule has 0 radical (unpaired) electrons. The highest BCUT2D eigenvalue weighted by Gasteiger charge is 2.30. The number of carbonyl (C=O) groups is 1. The number of carbonyl (C=O) groups excluding carboxylic acids is 1. The number of aliphatic hydroxyl groups is 1. The van der Waals surface area contributed by atoms with Gasteiger partial charge in [0.05, 0.1) is 11.5 Å². The summed E-state index contributed by atoms with van der Waals surface area (Å²) in [6, 6.07) is 7.66. The molecule has 10 heteroatoms. The molecule has 1 saturated heterocycles. The molecule has 0 unspecified atom stereocenters. The summed E-state index contributed by atoms with van der Waals surface area (Å²) in [5.74, 6) is 0.0798. The van der Waals surface area contributed by atoms with Gasteiger partial charge < -0.3 is 10.4 Å². The number of hydrogen-bond donors (Lipinski definition) is 2. The summed E-state index contributed by atoms with van der Waals surface area (Å²) in [6.07, 6.45) is 2.54. The molecule has 9 nitrogen and oxygen atoms in total. The number of sulfonamides is 1. The SMILES string of the molecule is CC[C@H](CO)N1CCN(S(=O)(=O)c2ccc(C(=O)Nc3ccn(C)n3)cc2)CC1. The van der Waals surface area contributed by atoms with Crippen LogP contribution in [-0.2, 0) is 17.1 Å². The van der Waals surface area contributed by atoms with E-state index in [1.54, 1.807) is 24.0 Å². The number of aliphatic hydroxyl groups excluding tert-OH is 1. The third-order valence-corrected chi connectivity index (χ3v) is 7.09. The minimum absolute atomic E-state index is 0.0664. The molecule has 2 heterocycles. The lowest BCUT2D eigenvalue weighted by molar-refractivity contribution is 0.0881. The monoisotopic (exact) mass is 421 g/mol. The van der Waals surface area contributed by atoms with Crippen LogP contribution < -0.4 is 5.32 Å². The molecule has 1 atom stereocenters. The van der Waals surface area contributed by atoms with E-state index < -0.39 is 10.0 Å². The van der Waals surface area contributed by atoms with Crippen LogP contribution in [0.15, 0.2) is 41.4 Å². The Morgan fingerprint density at radius 1 is 1.17 bits per heavy atom. The molecule has 29 heavy (non-hydrogen) atoms. The number of aryl methyl sites for hydroxylation is 1. The first-order valence-electron chi connectivity index (χ1n) is 9.61. The summed E-state index contributed by atoms with van der Waals surface area (Å²) in [6.45, 7) is 4.01. The van der Waals surface area contributed by atoms with E-state index in [0.29, 0.717) is 37.6 Å². The van der Waals surface area contributed by atoms with Gasteiger partial charge in [0.2, 0.25) is 10.0 Å². The van der Waals surface area contributed by atoms with Crippen LogP contribution in [0, 0.1) is 0 Å². The zero-order chi connectivity index (χ0) is 21.0. The fourth-order valence-electron chi connectivity index (χ4n) is 3.41. The van der Waals surface area contributed by atoms with E-state index in [1.165, 1.54) is 28.6 Å². The molecule has 1 amide bonds. The summed E-state index contributed by atoms with van der Waals surface area (Å²) >= 11 is 0. The minimum atomic E-state index is -3.63. The molecule has 0 bridgehead atoms. The van der Waals surface area contributed by atoms with Gasteiger partial charge in [-0.05, 0) is 30.7 Å². The quantitative estimate of drug-likeness (QED) is 0.683. The van der Waals surface area contributed by atoms with Crippen molar-refractivity contribution in [2.45, 2.75) is 24.3 Å². The molecule has 1 aliphatic heterocycles. The Balaban J connectivity index is 1.65. The van der Waals surface area contributed by atoms with Crippen molar-refractivity contribution in [2.24, 2.45) is 7.05 Å².